The number of nitrogens with zero attached hydrogens (tertiary/aromatic N) is 1. The van der Waals surface area contributed by atoms with Crippen LogP contribution in [0.4, 0.5) is 0 Å². The molecule has 1 aromatic carbocycles. The van der Waals surface area contributed by atoms with Gasteiger partial charge in [-0.1, -0.05) is 36.8 Å². The molecule has 1 heterocycles. The van der Waals surface area contributed by atoms with Crippen LogP contribution in [0, 0.1) is 6.92 Å². The molecule has 2 nitrogen and oxygen atoms in total. The lowest BCUT2D eigenvalue weighted by molar-refractivity contribution is 0.137. The molecule has 19 heavy (non-hydrogen) atoms. The van der Waals surface area contributed by atoms with Crippen LogP contribution in [0.2, 0.25) is 0 Å². The topological polar surface area (TPSA) is 29.3 Å². The third-order valence-electron chi connectivity index (χ3n) is 4.04. The molecule has 0 aliphatic carbocycles. The zero-order valence-corrected chi connectivity index (χ0v) is 13.1. The Bertz CT molecular complexity index is 407. The van der Waals surface area contributed by atoms with Crippen molar-refractivity contribution in [1.82, 2.24) is 4.90 Å². The minimum absolute atomic E-state index is 0.215. The van der Waals surface area contributed by atoms with Crippen LogP contribution in [-0.2, 0) is 0 Å². The highest BCUT2D eigenvalue weighted by atomic mass is 32.2. The largest absolute Gasteiger partial charge is 0.326 e. The Morgan fingerprint density at radius 3 is 2.89 bits per heavy atom. The molecule has 1 aliphatic heterocycles. The summed E-state index contributed by atoms with van der Waals surface area (Å²) in [6, 6.07) is 10.0. The molecule has 0 amide bonds. The summed E-state index contributed by atoms with van der Waals surface area (Å²) in [5.41, 5.74) is 9.15. The van der Waals surface area contributed by atoms with Crippen molar-refractivity contribution in [2.24, 2.45) is 5.73 Å². The number of benzene rings is 1. The van der Waals surface area contributed by atoms with Gasteiger partial charge in [-0.3, -0.25) is 4.90 Å². The van der Waals surface area contributed by atoms with Crippen molar-refractivity contribution >= 4 is 11.8 Å². The molecule has 1 saturated heterocycles. The Morgan fingerprint density at radius 1 is 1.47 bits per heavy atom. The molecule has 0 radical (unpaired) electrons. The van der Waals surface area contributed by atoms with E-state index >= 15 is 0 Å². The first-order valence-corrected chi connectivity index (χ1v) is 8.44. The van der Waals surface area contributed by atoms with Crippen LogP contribution in [-0.4, -0.2) is 35.0 Å². The van der Waals surface area contributed by atoms with E-state index in [0.29, 0.717) is 12.1 Å². The summed E-state index contributed by atoms with van der Waals surface area (Å²) in [5.74, 6) is 2.45. The summed E-state index contributed by atoms with van der Waals surface area (Å²) >= 11 is 2.06. The molecule has 106 valence electrons. The van der Waals surface area contributed by atoms with Gasteiger partial charge in [-0.2, -0.15) is 11.8 Å². The quantitative estimate of drug-likeness (QED) is 0.917. The van der Waals surface area contributed by atoms with Gasteiger partial charge < -0.3 is 5.73 Å². The van der Waals surface area contributed by atoms with Crippen LogP contribution in [0.3, 0.4) is 0 Å². The highest BCUT2D eigenvalue weighted by Crippen LogP contribution is 2.31. The van der Waals surface area contributed by atoms with Crippen molar-refractivity contribution < 1.29 is 0 Å². The van der Waals surface area contributed by atoms with Gasteiger partial charge in [-0.25, -0.2) is 0 Å². The van der Waals surface area contributed by atoms with Gasteiger partial charge in [0.05, 0.1) is 6.04 Å². The van der Waals surface area contributed by atoms with Crippen molar-refractivity contribution in [1.29, 1.82) is 0 Å². The van der Waals surface area contributed by atoms with Gasteiger partial charge in [-0.05, 0) is 25.8 Å². The summed E-state index contributed by atoms with van der Waals surface area (Å²) in [4.78, 5) is 2.61. The Morgan fingerprint density at radius 2 is 2.26 bits per heavy atom. The Balaban J connectivity index is 2.29. The summed E-state index contributed by atoms with van der Waals surface area (Å²) in [5, 5.41) is 0. The molecule has 0 saturated carbocycles. The fourth-order valence-corrected chi connectivity index (χ4v) is 3.95. The Kier molecular flexibility index (Phi) is 5.31. The first-order chi connectivity index (χ1) is 9.13. The van der Waals surface area contributed by atoms with Crippen molar-refractivity contribution in [3.05, 3.63) is 35.4 Å². The van der Waals surface area contributed by atoms with E-state index in [1.54, 1.807) is 0 Å². The number of hydrogen-bond acceptors (Lipinski definition) is 3. The lowest BCUT2D eigenvalue weighted by atomic mass is 9.94. The van der Waals surface area contributed by atoms with Crippen LogP contribution < -0.4 is 5.73 Å². The zero-order valence-electron chi connectivity index (χ0n) is 12.3. The summed E-state index contributed by atoms with van der Waals surface area (Å²) < 4.78 is 0. The molecule has 1 aromatic rings. The molecule has 3 atom stereocenters. The van der Waals surface area contributed by atoms with Gasteiger partial charge in [0, 0.05) is 30.1 Å². The molecule has 2 rings (SSSR count). The second-order valence-corrected chi connectivity index (χ2v) is 6.74. The third-order valence-corrected chi connectivity index (χ3v) is 5.23. The van der Waals surface area contributed by atoms with E-state index in [0.717, 1.165) is 13.0 Å². The molecule has 3 heteroatoms. The van der Waals surface area contributed by atoms with Gasteiger partial charge in [0.25, 0.3) is 0 Å². The molecule has 1 fully saturated rings. The number of nitrogens with two attached hydrogens (primary N) is 1. The van der Waals surface area contributed by atoms with Gasteiger partial charge in [0.1, 0.15) is 0 Å². The average Bonchev–Trinajstić information content (AvgIpc) is 2.41. The van der Waals surface area contributed by atoms with Crippen molar-refractivity contribution in [2.45, 2.75) is 45.3 Å². The minimum atomic E-state index is 0.215. The van der Waals surface area contributed by atoms with E-state index in [2.05, 4.69) is 61.7 Å². The fraction of sp³-hybridized carbons (Fsp3) is 0.625. The van der Waals surface area contributed by atoms with E-state index < -0.39 is 0 Å². The maximum absolute atomic E-state index is 6.44. The minimum Gasteiger partial charge on any atom is -0.326 e. The lowest BCUT2D eigenvalue weighted by Crippen LogP contribution is -2.49. The number of rotatable bonds is 4. The molecular formula is C16H26N2S. The number of hydrogen-bond donors (Lipinski definition) is 1. The summed E-state index contributed by atoms with van der Waals surface area (Å²) in [6.45, 7) is 7.83. The zero-order chi connectivity index (χ0) is 13.8. The summed E-state index contributed by atoms with van der Waals surface area (Å²) in [7, 11) is 0. The first-order valence-electron chi connectivity index (χ1n) is 7.29. The smallest absolute Gasteiger partial charge is 0.0502 e. The van der Waals surface area contributed by atoms with Crippen molar-refractivity contribution in [3.8, 4) is 0 Å². The van der Waals surface area contributed by atoms with Crippen LogP contribution >= 0.6 is 11.8 Å². The van der Waals surface area contributed by atoms with Crippen molar-refractivity contribution in [3.63, 3.8) is 0 Å². The van der Waals surface area contributed by atoms with E-state index in [1.165, 1.54) is 22.6 Å². The predicted molar refractivity (Wildman–Crippen MR) is 85.7 cm³/mol. The van der Waals surface area contributed by atoms with E-state index in [9.17, 15) is 0 Å². The average molecular weight is 278 g/mol. The Labute approximate surface area is 121 Å². The van der Waals surface area contributed by atoms with E-state index in [1.807, 2.05) is 0 Å². The van der Waals surface area contributed by atoms with Crippen LogP contribution in [0.25, 0.3) is 0 Å². The number of aryl methyl sites for hydroxylation is 1. The normalized spacial score (nSPS) is 24.1. The molecule has 3 unspecified atom stereocenters. The maximum Gasteiger partial charge on any atom is 0.0502 e. The van der Waals surface area contributed by atoms with Crippen LogP contribution in [0.1, 0.15) is 37.4 Å². The SMILES string of the molecule is CCC(N)C(c1cccc(C)c1)N1CCSCC1C. The van der Waals surface area contributed by atoms with Crippen molar-refractivity contribution in [2.75, 3.05) is 18.1 Å². The van der Waals surface area contributed by atoms with E-state index in [4.69, 9.17) is 5.73 Å². The highest BCUT2D eigenvalue weighted by Gasteiger charge is 2.30. The van der Waals surface area contributed by atoms with Gasteiger partial charge >= 0.3 is 0 Å². The molecule has 1 aliphatic rings. The second-order valence-electron chi connectivity index (χ2n) is 5.59. The molecule has 2 N–H and O–H groups in total. The maximum atomic E-state index is 6.44. The van der Waals surface area contributed by atoms with Gasteiger partial charge in [0.15, 0.2) is 0 Å². The highest BCUT2D eigenvalue weighted by molar-refractivity contribution is 7.99. The molecular weight excluding hydrogens is 252 g/mol. The lowest BCUT2D eigenvalue weighted by Gasteiger charge is -2.42. The van der Waals surface area contributed by atoms with Crippen LogP contribution in [0.15, 0.2) is 24.3 Å². The standard InChI is InChI=1S/C16H26N2S/c1-4-15(17)16(14-7-5-6-12(2)10-14)18-8-9-19-11-13(18)3/h5-7,10,13,15-16H,4,8-9,11,17H2,1-3H3. The second kappa shape index (κ2) is 6.78. The molecule has 0 bridgehead atoms. The molecule has 0 spiro atoms. The van der Waals surface area contributed by atoms with E-state index in [-0.39, 0.29) is 6.04 Å². The van der Waals surface area contributed by atoms with Gasteiger partial charge in [0.2, 0.25) is 0 Å². The predicted octanol–water partition coefficient (Wildman–Crippen LogP) is 3.21. The van der Waals surface area contributed by atoms with Gasteiger partial charge in [-0.15, -0.1) is 0 Å². The fourth-order valence-electron chi connectivity index (χ4n) is 2.92. The third kappa shape index (κ3) is 3.53. The molecule has 0 aromatic heterocycles. The summed E-state index contributed by atoms with van der Waals surface area (Å²) in [6.07, 6.45) is 1.02. The first kappa shape index (κ1) is 14.9. The van der Waals surface area contributed by atoms with Crippen LogP contribution in [0.5, 0.6) is 0 Å². The Hall–Kier alpha value is -0.510. The monoisotopic (exact) mass is 278 g/mol. The number of thioether (sulfide) groups is 1.